The Labute approximate surface area is 171 Å². The molecule has 10 nitrogen and oxygen atoms in total. The van der Waals surface area contributed by atoms with Crippen LogP contribution in [0.25, 0.3) is 0 Å². The van der Waals surface area contributed by atoms with Gasteiger partial charge in [0, 0.05) is 20.6 Å². The van der Waals surface area contributed by atoms with Crippen molar-refractivity contribution in [3.8, 4) is 0 Å². The van der Waals surface area contributed by atoms with Crippen LogP contribution in [0.4, 0.5) is 0 Å². The van der Waals surface area contributed by atoms with Crippen molar-refractivity contribution >= 4 is 29.5 Å². The summed E-state index contributed by atoms with van der Waals surface area (Å²) in [4.78, 5) is 58.4. The lowest BCUT2D eigenvalue weighted by atomic mass is 10.1. The molecule has 0 aromatic heterocycles. The first-order valence-corrected chi connectivity index (χ1v) is 9.48. The molecular weight excluding hydrogens is 384 g/mol. The molecule has 29 heavy (non-hydrogen) atoms. The minimum Gasteiger partial charge on any atom is -0.450 e. The molecule has 2 N–H and O–H groups in total. The molecule has 4 unspecified atom stereocenters. The third-order valence-corrected chi connectivity index (χ3v) is 4.07. The number of hydrogen-bond donors (Lipinski definition) is 2. The number of ether oxygens (including phenoxy) is 3. The van der Waals surface area contributed by atoms with E-state index in [9.17, 15) is 24.0 Å². The molecule has 0 aliphatic heterocycles. The lowest BCUT2D eigenvalue weighted by Crippen LogP contribution is -2.46. The first-order valence-electron chi connectivity index (χ1n) is 9.48. The Morgan fingerprint density at radius 3 is 1.90 bits per heavy atom. The highest BCUT2D eigenvalue weighted by molar-refractivity contribution is 5.90. The zero-order valence-corrected chi connectivity index (χ0v) is 17.9. The van der Waals surface area contributed by atoms with Gasteiger partial charge in [-0.3, -0.25) is 14.4 Å². The minimum atomic E-state index is -1.22. The Kier molecular flexibility index (Phi) is 12.5. The lowest BCUT2D eigenvalue weighted by Gasteiger charge is -2.21. The van der Waals surface area contributed by atoms with E-state index in [4.69, 9.17) is 14.2 Å². The number of carbonyl (C=O) groups excluding carboxylic acids is 5. The zero-order valence-electron chi connectivity index (χ0n) is 17.9. The van der Waals surface area contributed by atoms with E-state index in [2.05, 4.69) is 10.6 Å². The number of unbranched alkanes of at least 4 members (excludes halogenated alkanes) is 1. The second kappa shape index (κ2) is 13.6. The molecule has 0 saturated heterocycles. The van der Waals surface area contributed by atoms with Crippen LogP contribution < -0.4 is 10.6 Å². The van der Waals surface area contributed by atoms with Gasteiger partial charge in [-0.1, -0.05) is 0 Å². The molecule has 0 aliphatic carbocycles. The molecule has 0 aliphatic rings. The van der Waals surface area contributed by atoms with Gasteiger partial charge in [-0.25, -0.2) is 9.59 Å². The van der Waals surface area contributed by atoms with E-state index in [-0.39, 0.29) is 11.7 Å². The fourth-order valence-electron chi connectivity index (χ4n) is 2.14. The molecule has 0 aromatic rings. The van der Waals surface area contributed by atoms with Gasteiger partial charge >= 0.3 is 11.9 Å². The zero-order chi connectivity index (χ0) is 22.6. The molecule has 0 heterocycles. The number of methoxy groups -OCH3 is 1. The molecule has 0 rings (SSSR count). The van der Waals surface area contributed by atoms with E-state index in [1.165, 1.54) is 41.7 Å². The molecule has 0 aromatic carbocycles. The smallest absolute Gasteiger partial charge is 0.347 e. The quantitative estimate of drug-likeness (QED) is 0.322. The number of esters is 2. The van der Waals surface area contributed by atoms with E-state index in [1.807, 2.05) is 0 Å². The van der Waals surface area contributed by atoms with Crippen LogP contribution in [0.5, 0.6) is 0 Å². The summed E-state index contributed by atoms with van der Waals surface area (Å²) in [5.41, 5.74) is 0. The third kappa shape index (κ3) is 11.2. The molecule has 0 radical (unpaired) electrons. The van der Waals surface area contributed by atoms with Crippen LogP contribution in [0, 0.1) is 0 Å². The fourth-order valence-corrected chi connectivity index (χ4v) is 2.14. The Balaban J connectivity index is 4.51. The predicted octanol–water partition coefficient (Wildman–Crippen LogP) is 0.265. The minimum absolute atomic E-state index is 0.131. The second-order valence-electron chi connectivity index (χ2n) is 6.69. The highest BCUT2D eigenvalue weighted by Gasteiger charge is 2.28. The van der Waals surface area contributed by atoms with Gasteiger partial charge in [0.1, 0.15) is 0 Å². The number of ketones is 1. The highest BCUT2D eigenvalue weighted by Crippen LogP contribution is 2.06. The van der Waals surface area contributed by atoms with E-state index in [0.29, 0.717) is 25.8 Å². The molecule has 2 amide bonds. The normalized spacial score (nSPS) is 14.7. The molecular formula is C19H32N2O8. The second-order valence-corrected chi connectivity index (χ2v) is 6.69. The van der Waals surface area contributed by atoms with Crippen LogP contribution in [0.3, 0.4) is 0 Å². The maximum Gasteiger partial charge on any atom is 0.347 e. The Hall–Kier alpha value is -2.49. The molecule has 0 spiro atoms. The average Bonchev–Trinajstić information content (AvgIpc) is 2.64. The van der Waals surface area contributed by atoms with Crippen LogP contribution in [0.15, 0.2) is 0 Å². The number of carbonyl (C=O) groups is 5. The van der Waals surface area contributed by atoms with Crippen molar-refractivity contribution in [2.75, 3.05) is 13.7 Å². The Bertz CT molecular complexity index is 593. The number of Topliss-reactive ketones (excluding diaryl/α,β-unsaturated/α-hetero) is 1. The first-order chi connectivity index (χ1) is 13.5. The monoisotopic (exact) mass is 416 g/mol. The van der Waals surface area contributed by atoms with Gasteiger partial charge in [0.25, 0.3) is 5.91 Å². The van der Waals surface area contributed by atoms with Crippen molar-refractivity contribution in [3.63, 3.8) is 0 Å². The van der Waals surface area contributed by atoms with Gasteiger partial charge in [-0.2, -0.15) is 0 Å². The highest BCUT2D eigenvalue weighted by atomic mass is 16.6. The van der Waals surface area contributed by atoms with Gasteiger partial charge in [-0.15, -0.1) is 0 Å². The van der Waals surface area contributed by atoms with Crippen LogP contribution in [0.1, 0.15) is 53.9 Å². The SMILES string of the molecule is COC(C)C(=O)OC(C)C(=O)OC(C)C(=O)NC(CCCCNC(C)=O)C(C)=O. The summed E-state index contributed by atoms with van der Waals surface area (Å²) in [6.45, 7) is 7.40. The molecule has 4 atom stereocenters. The van der Waals surface area contributed by atoms with Crippen LogP contribution >= 0.6 is 0 Å². The lowest BCUT2D eigenvalue weighted by molar-refractivity contribution is -0.176. The summed E-state index contributed by atoms with van der Waals surface area (Å²) in [5, 5.41) is 5.20. The van der Waals surface area contributed by atoms with Crippen molar-refractivity contribution in [1.29, 1.82) is 0 Å². The molecule has 0 saturated carbocycles. The number of nitrogens with one attached hydrogen (secondary N) is 2. The largest absolute Gasteiger partial charge is 0.450 e. The maximum atomic E-state index is 12.2. The topological polar surface area (TPSA) is 137 Å². The molecule has 0 fully saturated rings. The van der Waals surface area contributed by atoms with Crippen molar-refractivity contribution in [1.82, 2.24) is 10.6 Å². The van der Waals surface area contributed by atoms with Crippen molar-refractivity contribution in [2.24, 2.45) is 0 Å². The summed E-state index contributed by atoms with van der Waals surface area (Å²) in [6, 6.07) is -0.723. The van der Waals surface area contributed by atoms with Crippen molar-refractivity contribution < 1.29 is 38.2 Å². The molecule has 166 valence electrons. The Morgan fingerprint density at radius 1 is 0.828 bits per heavy atom. The van der Waals surface area contributed by atoms with Gasteiger partial charge in [0.15, 0.2) is 24.1 Å². The van der Waals surface area contributed by atoms with E-state index in [0.717, 1.165) is 0 Å². The van der Waals surface area contributed by atoms with Crippen LogP contribution in [-0.4, -0.2) is 67.5 Å². The van der Waals surface area contributed by atoms with E-state index in [1.54, 1.807) is 0 Å². The molecule has 10 heteroatoms. The number of rotatable bonds is 13. The van der Waals surface area contributed by atoms with E-state index < -0.39 is 42.2 Å². The van der Waals surface area contributed by atoms with Gasteiger partial charge < -0.3 is 24.8 Å². The molecule has 0 bridgehead atoms. The maximum absolute atomic E-state index is 12.2. The fraction of sp³-hybridized carbons (Fsp3) is 0.737. The van der Waals surface area contributed by atoms with E-state index >= 15 is 0 Å². The summed E-state index contributed by atoms with van der Waals surface area (Å²) >= 11 is 0. The Morgan fingerprint density at radius 2 is 1.38 bits per heavy atom. The van der Waals surface area contributed by atoms with Crippen molar-refractivity contribution in [3.05, 3.63) is 0 Å². The van der Waals surface area contributed by atoms with Crippen molar-refractivity contribution in [2.45, 2.75) is 78.2 Å². The number of hydrogen-bond acceptors (Lipinski definition) is 8. The standard InChI is InChI=1S/C19H32N2O8/c1-11(22)16(9-7-8-10-20-15(5)23)21-17(24)12(2)28-19(26)14(4)29-18(25)13(3)27-6/h12-14,16H,7-10H2,1-6H3,(H,20,23)(H,21,24). The third-order valence-electron chi connectivity index (χ3n) is 4.07. The van der Waals surface area contributed by atoms with Gasteiger partial charge in [-0.05, 0) is 47.0 Å². The first kappa shape index (κ1) is 26.5. The van der Waals surface area contributed by atoms with Gasteiger partial charge in [0.2, 0.25) is 5.91 Å². The van der Waals surface area contributed by atoms with Crippen LogP contribution in [-0.2, 0) is 38.2 Å². The average molecular weight is 416 g/mol. The van der Waals surface area contributed by atoms with Gasteiger partial charge in [0.05, 0.1) is 6.04 Å². The summed E-state index contributed by atoms with van der Waals surface area (Å²) in [7, 11) is 1.33. The summed E-state index contributed by atoms with van der Waals surface area (Å²) < 4.78 is 14.7. The predicted molar refractivity (Wildman–Crippen MR) is 103 cm³/mol. The summed E-state index contributed by atoms with van der Waals surface area (Å²) in [6.07, 6.45) is -1.56. The number of amides is 2. The summed E-state index contributed by atoms with van der Waals surface area (Å²) in [5.74, 6) is -2.62. The van der Waals surface area contributed by atoms with Crippen LogP contribution in [0.2, 0.25) is 0 Å².